The van der Waals surface area contributed by atoms with E-state index in [0.717, 1.165) is 5.33 Å². The second kappa shape index (κ2) is 4.79. The molecule has 0 radical (unpaired) electrons. The van der Waals surface area contributed by atoms with Crippen molar-refractivity contribution < 1.29 is 4.79 Å². The zero-order valence-corrected chi connectivity index (χ0v) is 7.36. The second-order valence-electron chi connectivity index (χ2n) is 1.98. The molecule has 54 valence electrons. The highest BCUT2D eigenvalue weighted by atomic mass is 79.9. The summed E-state index contributed by atoms with van der Waals surface area (Å²) in [7, 11) is 0. The smallest absolute Gasteiger partial charge is 0.219 e. The summed E-state index contributed by atoms with van der Waals surface area (Å²) in [5.41, 5.74) is 0. The van der Waals surface area contributed by atoms with Gasteiger partial charge in [-0.05, 0) is 6.92 Å². The van der Waals surface area contributed by atoms with E-state index in [1.807, 2.05) is 13.8 Å². The largest absolute Gasteiger partial charge is 0.353 e. The normalized spacial score (nSPS) is 12.8. The summed E-state index contributed by atoms with van der Waals surface area (Å²) >= 11 is 3.26. The Balaban J connectivity index is 3.34. The van der Waals surface area contributed by atoms with Gasteiger partial charge in [-0.2, -0.15) is 0 Å². The molecule has 0 heterocycles. The molecule has 0 bridgehead atoms. The number of halogens is 1. The molecule has 2 nitrogen and oxygen atoms in total. The van der Waals surface area contributed by atoms with Gasteiger partial charge in [-0.25, -0.2) is 0 Å². The molecule has 0 aliphatic rings. The van der Waals surface area contributed by atoms with Crippen LogP contribution in [0.2, 0.25) is 0 Å². The topological polar surface area (TPSA) is 29.1 Å². The predicted octanol–water partition coefficient (Wildman–Crippen LogP) is 1.30. The van der Waals surface area contributed by atoms with Crippen molar-refractivity contribution in [1.82, 2.24) is 5.32 Å². The third kappa shape index (κ3) is 4.45. The second-order valence-corrected chi connectivity index (χ2v) is 2.62. The van der Waals surface area contributed by atoms with Crippen molar-refractivity contribution in [2.24, 2.45) is 0 Å². The van der Waals surface area contributed by atoms with Gasteiger partial charge in [0.25, 0.3) is 0 Å². The summed E-state index contributed by atoms with van der Waals surface area (Å²) in [6, 6.07) is 0.248. The molecule has 0 aromatic rings. The van der Waals surface area contributed by atoms with Gasteiger partial charge in [0.05, 0.1) is 0 Å². The number of hydrogen-bond acceptors (Lipinski definition) is 1. The van der Waals surface area contributed by atoms with Crippen LogP contribution in [0.4, 0.5) is 0 Å². The monoisotopic (exact) mass is 193 g/mol. The molecule has 0 aromatic heterocycles. The molecular weight excluding hydrogens is 182 g/mol. The Morgan fingerprint density at radius 3 is 2.67 bits per heavy atom. The Hall–Kier alpha value is -0.0500. The molecular formula is C6H12BrNO. The first-order valence-corrected chi connectivity index (χ1v) is 4.18. The van der Waals surface area contributed by atoms with Crippen LogP contribution in [0.5, 0.6) is 0 Å². The summed E-state index contributed by atoms with van der Waals surface area (Å²) in [4.78, 5) is 10.6. The fourth-order valence-electron chi connectivity index (χ4n) is 0.415. The number of amides is 1. The van der Waals surface area contributed by atoms with Crippen LogP contribution in [0.25, 0.3) is 0 Å². The lowest BCUT2D eigenvalue weighted by molar-refractivity contribution is -0.121. The van der Waals surface area contributed by atoms with Gasteiger partial charge in [-0.15, -0.1) is 0 Å². The fourth-order valence-corrected chi connectivity index (χ4v) is 0.577. The van der Waals surface area contributed by atoms with E-state index < -0.39 is 0 Å². The van der Waals surface area contributed by atoms with Crippen LogP contribution in [0.15, 0.2) is 0 Å². The van der Waals surface area contributed by atoms with Gasteiger partial charge < -0.3 is 5.32 Å². The summed E-state index contributed by atoms with van der Waals surface area (Å²) in [5, 5.41) is 3.61. The first-order valence-electron chi connectivity index (χ1n) is 3.06. The van der Waals surface area contributed by atoms with Crippen molar-refractivity contribution in [3.8, 4) is 0 Å². The Kier molecular flexibility index (Phi) is 4.77. The zero-order valence-electron chi connectivity index (χ0n) is 5.78. The van der Waals surface area contributed by atoms with E-state index in [1.165, 1.54) is 0 Å². The van der Waals surface area contributed by atoms with E-state index in [9.17, 15) is 4.79 Å². The van der Waals surface area contributed by atoms with Crippen molar-refractivity contribution in [2.75, 3.05) is 5.33 Å². The molecule has 0 rings (SSSR count). The molecule has 1 atom stereocenters. The maximum absolute atomic E-state index is 10.6. The number of alkyl halides is 1. The minimum absolute atomic E-state index is 0.113. The average molecular weight is 194 g/mol. The highest BCUT2D eigenvalue weighted by Crippen LogP contribution is 1.88. The van der Waals surface area contributed by atoms with Gasteiger partial charge >= 0.3 is 0 Å². The van der Waals surface area contributed by atoms with Crippen molar-refractivity contribution in [2.45, 2.75) is 26.3 Å². The molecule has 1 amide bonds. The van der Waals surface area contributed by atoms with Crippen molar-refractivity contribution in [3.63, 3.8) is 0 Å². The van der Waals surface area contributed by atoms with Crippen LogP contribution in [-0.4, -0.2) is 17.3 Å². The Morgan fingerprint density at radius 1 is 1.78 bits per heavy atom. The molecule has 0 saturated heterocycles. The molecule has 3 heteroatoms. The van der Waals surface area contributed by atoms with Crippen LogP contribution in [0.3, 0.4) is 0 Å². The summed E-state index contributed by atoms with van der Waals surface area (Å²) in [5.74, 6) is 0.113. The number of carbonyl (C=O) groups excluding carboxylic acids is 1. The van der Waals surface area contributed by atoms with Gasteiger partial charge in [0.15, 0.2) is 0 Å². The first kappa shape index (κ1) is 8.95. The van der Waals surface area contributed by atoms with Crippen molar-refractivity contribution >= 4 is 21.8 Å². The highest BCUT2D eigenvalue weighted by molar-refractivity contribution is 9.09. The average Bonchev–Trinajstić information content (AvgIpc) is 1.87. The van der Waals surface area contributed by atoms with Crippen LogP contribution in [0, 0.1) is 0 Å². The third-order valence-electron chi connectivity index (χ3n) is 0.960. The van der Waals surface area contributed by atoms with E-state index in [1.54, 1.807) is 0 Å². The van der Waals surface area contributed by atoms with Gasteiger partial charge in [0, 0.05) is 17.8 Å². The van der Waals surface area contributed by atoms with E-state index in [-0.39, 0.29) is 11.9 Å². The number of hydrogen-bond donors (Lipinski definition) is 1. The lowest BCUT2D eigenvalue weighted by Crippen LogP contribution is -2.32. The minimum atomic E-state index is 0.113. The minimum Gasteiger partial charge on any atom is -0.353 e. The SMILES string of the molecule is CCC(=O)NC(C)CBr. The lowest BCUT2D eigenvalue weighted by atomic mass is 10.3. The molecule has 9 heavy (non-hydrogen) atoms. The molecule has 1 unspecified atom stereocenters. The van der Waals surface area contributed by atoms with Crippen LogP contribution < -0.4 is 5.32 Å². The van der Waals surface area contributed by atoms with Gasteiger partial charge in [-0.1, -0.05) is 22.9 Å². The number of rotatable bonds is 3. The molecule has 0 fully saturated rings. The van der Waals surface area contributed by atoms with Crippen LogP contribution in [0.1, 0.15) is 20.3 Å². The molecule has 0 saturated carbocycles. The quantitative estimate of drug-likeness (QED) is 0.674. The summed E-state index contributed by atoms with van der Waals surface area (Å²) in [6.45, 7) is 3.80. The fraction of sp³-hybridized carbons (Fsp3) is 0.833. The Bertz CT molecular complexity index is 95.1. The number of nitrogens with one attached hydrogen (secondary N) is 1. The molecule has 0 aromatic carbocycles. The Labute approximate surface area is 64.1 Å². The zero-order chi connectivity index (χ0) is 7.28. The molecule has 1 N–H and O–H groups in total. The third-order valence-corrected chi connectivity index (χ3v) is 1.93. The molecule has 0 aliphatic heterocycles. The van der Waals surface area contributed by atoms with Crippen molar-refractivity contribution in [3.05, 3.63) is 0 Å². The van der Waals surface area contributed by atoms with Gasteiger partial charge in [0.1, 0.15) is 0 Å². The van der Waals surface area contributed by atoms with Crippen molar-refractivity contribution in [1.29, 1.82) is 0 Å². The lowest BCUT2D eigenvalue weighted by Gasteiger charge is -2.08. The van der Waals surface area contributed by atoms with E-state index in [0.29, 0.717) is 6.42 Å². The summed E-state index contributed by atoms with van der Waals surface area (Å²) in [6.07, 6.45) is 0.567. The standard InChI is InChI=1S/C6H12BrNO/c1-3-6(9)8-5(2)4-7/h5H,3-4H2,1-2H3,(H,8,9). The van der Waals surface area contributed by atoms with Crippen LogP contribution >= 0.6 is 15.9 Å². The van der Waals surface area contributed by atoms with Gasteiger partial charge in [0.2, 0.25) is 5.91 Å². The number of carbonyl (C=O) groups is 1. The molecule has 0 spiro atoms. The van der Waals surface area contributed by atoms with E-state index in [4.69, 9.17) is 0 Å². The van der Waals surface area contributed by atoms with E-state index in [2.05, 4.69) is 21.2 Å². The van der Waals surface area contributed by atoms with E-state index >= 15 is 0 Å². The summed E-state index contributed by atoms with van der Waals surface area (Å²) < 4.78 is 0. The van der Waals surface area contributed by atoms with Crippen LogP contribution in [-0.2, 0) is 4.79 Å². The maximum atomic E-state index is 10.6. The van der Waals surface area contributed by atoms with Gasteiger partial charge in [-0.3, -0.25) is 4.79 Å². The Morgan fingerprint density at radius 2 is 2.33 bits per heavy atom. The maximum Gasteiger partial charge on any atom is 0.219 e. The molecule has 0 aliphatic carbocycles. The highest BCUT2D eigenvalue weighted by Gasteiger charge is 2.01. The first-order chi connectivity index (χ1) is 4.20. The predicted molar refractivity (Wildman–Crippen MR) is 41.7 cm³/mol.